The summed E-state index contributed by atoms with van der Waals surface area (Å²) in [7, 11) is -0.264. The lowest BCUT2D eigenvalue weighted by Crippen LogP contribution is -2.06. The van der Waals surface area contributed by atoms with Crippen LogP contribution in [0.4, 0.5) is 0 Å². The van der Waals surface area contributed by atoms with Crippen LogP contribution in [-0.2, 0) is 10.9 Å². The van der Waals surface area contributed by atoms with Gasteiger partial charge in [-0.25, -0.2) is 0 Å². The van der Waals surface area contributed by atoms with Gasteiger partial charge < -0.3 is 0 Å². The van der Waals surface area contributed by atoms with Gasteiger partial charge in [0.1, 0.15) is 0 Å². The summed E-state index contributed by atoms with van der Waals surface area (Å²) in [6, 6.07) is 45.7. The number of aryl methyl sites for hydroxylation is 1. The zero-order valence-electron chi connectivity index (χ0n) is 19.4. The number of hydrogen-bond donors (Lipinski definition) is 0. The molecule has 170 valence electrons. The van der Waals surface area contributed by atoms with Crippen molar-refractivity contribution in [3.05, 3.63) is 150 Å². The Morgan fingerprint density at radius 3 is 1.51 bits per heavy atom. The summed E-state index contributed by atoms with van der Waals surface area (Å²) < 4.78 is 0. The molecule has 5 rings (SSSR count). The first-order valence-electron chi connectivity index (χ1n) is 11.5. The molecule has 0 fully saturated rings. The quantitative estimate of drug-likeness (QED) is 0.168. The monoisotopic (exact) mass is 489 g/mol. The molecule has 35 heavy (non-hydrogen) atoms. The van der Waals surface area contributed by atoms with E-state index in [1.54, 1.807) is 11.8 Å². The van der Waals surface area contributed by atoms with Gasteiger partial charge in [-0.15, -0.1) is 0 Å². The Labute approximate surface area is 214 Å². The van der Waals surface area contributed by atoms with E-state index < -0.39 is 0 Å². The van der Waals surface area contributed by atoms with Gasteiger partial charge in [-0.1, -0.05) is 78.0 Å². The van der Waals surface area contributed by atoms with Crippen molar-refractivity contribution >= 4 is 28.4 Å². The second-order valence-electron chi connectivity index (χ2n) is 8.23. The Balaban J connectivity index is 1.46. The predicted molar refractivity (Wildman–Crippen MR) is 147 cm³/mol. The van der Waals surface area contributed by atoms with Gasteiger partial charge in [-0.2, -0.15) is 0 Å². The van der Waals surface area contributed by atoms with Crippen LogP contribution in [0.15, 0.2) is 158 Å². The maximum absolute atomic E-state index is 12.9. The molecule has 0 saturated heterocycles. The van der Waals surface area contributed by atoms with Crippen molar-refractivity contribution in [3.63, 3.8) is 0 Å². The molecule has 0 radical (unpaired) electrons. The normalized spacial score (nSPS) is 11.7. The fourth-order valence-electron chi connectivity index (χ4n) is 3.85. The highest BCUT2D eigenvalue weighted by Crippen LogP contribution is 2.34. The van der Waals surface area contributed by atoms with Crippen LogP contribution >= 0.6 is 11.8 Å². The van der Waals surface area contributed by atoms with Gasteiger partial charge >= 0.3 is 0 Å². The summed E-state index contributed by atoms with van der Waals surface area (Å²) in [5.41, 5.74) is 2.67. The highest BCUT2D eigenvalue weighted by Gasteiger charge is 2.29. The predicted octanol–water partition coefficient (Wildman–Crippen LogP) is 8.47. The number of rotatable bonds is 7. The maximum Gasteiger partial charge on any atom is 0.193 e. The molecule has 0 heterocycles. The number of hydrogen-bond acceptors (Lipinski definition) is 2. The van der Waals surface area contributed by atoms with Crippen molar-refractivity contribution in [2.75, 3.05) is 0 Å². The number of carbonyl (C=O) groups excluding carboxylic acids is 1. The van der Waals surface area contributed by atoms with Crippen molar-refractivity contribution in [2.45, 2.75) is 31.4 Å². The lowest BCUT2D eigenvalue weighted by molar-refractivity contribution is 0.103. The first-order valence-corrected chi connectivity index (χ1v) is 13.6. The van der Waals surface area contributed by atoms with Crippen molar-refractivity contribution in [2.24, 2.45) is 0 Å². The van der Waals surface area contributed by atoms with Gasteiger partial charge in [-0.05, 0) is 79.7 Å². The Morgan fingerprint density at radius 1 is 0.514 bits per heavy atom. The van der Waals surface area contributed by atoms with Crippen LogP contribution in [0.5, 0.6) is 0 Å². The van der Waals surface area contributed by atoms with Gasteiger partial charge in [0.2, 0.25) is 0 Å². The Kier molecular flexibility index (Phi) is 7.17. The number of benzene rings is 5. The first kappa shape index (κ1) is 23.2. The van der Waals surface area contributed by atoms with E-state index in [0.29, 0.717) is 11.1 Å². The van der Waals surface area contributed by atoms with Crippen molar-refractivity contribution < 1.29 is 4.79 Å². The summed E-state index contributed by atoms with van der Waals surface area (Å²) >= 11 is 1.77. The Morgan fingerprint density at radius 2 is 0.943 bits per heavy atom. The first-order chi connectivity index (χ1) is 17.2. The molecular formula is C32H25OS2+. The fourth-order valence-corrected chi connectivity index (χ4v) is 6.73. The molecule has 3 heteroatoms. The largest absolute Gasteiger partial charge is 0.289 e. The van der Waals surface area contributed by atoms with E-state index in [1.165, 1.54) is 30.0 Å². The summed E-state index contributed by atoms with van der Waals surface area (Å²) in [4.78, 5) is 19.1. The van der Waals surface area contributed by atoms with Gasteiger partial charge in [-0.3, -0.25) is 4.79 Å². The molecule has 1 unspecified atom stereocenters. The molecule has 0 spiro atoms. The molecule has 1 atom stereocenters. The average Bonchev–Trinajstić information content (AvgIpc) is 2.92. The number of carbonyl (C=O) groups is 1. The Hall–Kier alpha value is -3.53. The molecule has 0 amide bonds. The smallest absolute Gasteiger partial charge is 0.193 e. The van der Waals surface area contributed by atoms with E-state index in [4.69, 9.17) is 0 Å². The standard InChI is InChI=1S/C32H25OS2/c1-24-12-18-29(19-13-24)35(31-22-16-28(17-23-31)34-27-10-6-3-7-11-27)30-20-14-26(15-21-30)32(33)25-8-4-2-5-9-25/h2-23H,1H3/q+1. The van der Waals surface area contributed by atoms with Crippen LogP contribution in [0.2, 0.25) is 0 Å². The van der Waals surface area contributed by atoms with E-state index in [-0.39, 0.29) is 16.7 Å². The van der Waals surface area contributed by atoms with Gasteiger partial charge in [0, 0.05) is 20.9 Å². The zero-order valence-corrected chi connectivity index (χ0v) is 21.1. The van der Waals surface area contributed by atoms with E-state index in [1.807, 2.05) is 48.5 Å². The third kappa shape index (κ3) is 5.59. The maximum atomic E-state index is 12.9. The van der Waals surface area contributed by atoms with Crippen LogP contribution in [0, 0.1) is 6.92 Å². The van der Waals surface area contributed by atoms with Gasteiger partial charge in [0.25, 0.3) is 0 Å². The topological polar surface area (TPSA) is 17.1 Å². The molecule has 0 N–H and O–H groups in total. The van der Waals surface area contributed by atoms with Crippen LogP contribution in [0.25, 0.3) is 0 Å². The lowest BCUT2D eigenvalue weighted by atomic mass is 10.0. The molecule has 0 aromatic heterocycles. The summed E-state index contributed by atoms with van der Waals surface area (Å²) in [5.74, 6) is 0.0506. The second kappa shape index (κ2) is 10.8. The number of ketones is 1. The molecule has 1 nitrogen and oxygen atoms in total. The van der Waals surface area contributed by atoms with Gasteiger partial charge in [0.15, 0.2) is 20.5 Å². The van der Waals surface area contributed by atoms with E-state index in [2.05, 4.69) is 91.9 Å². The minimum Gasteiger partial charge on any atom is -0.289 e. The van der Waals surface area contributed by atoms with Crippen molar-refractivity contribution in [1.29, 1.82) is 0 Å². The van der Waals surface area contributed by atoms with E-state index in [9.17, 15) is 4.79 Å². The molecule has 0 aliphatic carbocycles. The van der Waals surface area contributed by atoms with Crippen molar-refractivity contribution in [3.8, 4) is 0 Å². The molecule has 0 bridgehead atoms. The zero-order chi connectivity index (χ0) is 24.0. The van der Waals surface area contributed by atoms with Crippen LogP contribution in [0.3, 0.4) is 0 Å². The third-order valence-electron chi connectivity index (χ3n) is 5.68. The molecule has 0 aliphatic rings. The molecule has 0 aliphatic heterocycles. The third-order valence-corrected chi connectivity index (χ3v) is 8.93. The molecule has 5 aromatic carbocycles. The second-order valence-corrected chi connectivity index (χ2v) is 11.4. The molecule has 5 aromatic rings. The van der Waals surface area contributed by atoms with E-state index >= 15 is 0 Å². The highest BCUT2D eigenvalue weighted by molar-refractivity contribution is 7.99. The van der Waals surface area contributed by atoms with Crippen molar-refractivity contribution in [1.82, 2.24) is 0 Å². The van der Waals surface area contributed by atoms with Crippen LogP contribution < -0.4 is 0 Å². The van der Waals surface area contributed by atoms with Crippen LogP contribution in [-0.4, -0.2) is 5.78 Å². The fraction of sp³-hybridized carbons (Fsp3) is 0.0312. The average molecular weight is 490 g/mol. The minimum absolute atomic E-state index is 0.0506. The van der Waals surface area contributed by atoms with E-state index in [0.717, 1.165) is 0 Å². The SMILES string of the molecule is Cc1ccc([S+](c2ccc(Sc3ccccc3)cc2)c2ccc(C(=O)c3ccccc3)cc2)cc1. The highest BCUT2D eigenvalue weighted by atomic mass is 32.2. The summed E-state index contributed by atoms with van der Waals surface area (Å²) in [6.07, 6.45) is 0. The lowest BCUT2D eigenvalue weighted by Gasteiger charge is -2.10. The summed E-state index contributed by atoms with van der Waals surface area (Å²) in [5, 5.41) is 0. The molecular weight excluding hydrogens is 464 g/mol. The Bertz CT molecular complexity index is 1390. The summed E-state index contributed by atoms with van der Waals surface area (Å²) in [6.45, 7) is 2.11. The molecule has 0 saturated carbocycles. The van der Waals surface area contributed by atoms with Gasteiger partial charge in [0.05, 0.1) is 10.9 Å². The minimum atomic E-state index is -0.264. The van der Waals surface area contributed by atoms with Crippen LogP contribution in [0.1, 0.15) is 21.5 Å².